The number of hydrogen-bond donors (Lipinski definition) is 0. The molecule has 20 aromatic carbocycles. The Labute approximate surface area is 784 Å². The lowest BCUT2D eigenvalue weighted by atomic mass is 9.97. The minimum atomic E-state index is 0.592. The van der Waals surface area contributed by atoms with Crippen LogP contribution in [0.1, 0.15) is 0 Å². The summed E-state index contributed by atoms with van der Waals surface area (Å²) in [5.41, 5.74) is 32.9. The lowest BCUT2D eigenvalue weighted by molar-refractivity contribution is 0.669. The largest absolute Gasteiger partial charge is 0.455 e. The summed E-state index contributed by atoms with van der Waals surface area (Å²) in [7, 11) is 0. The van der Waals surface area contributed by atoms with Gasteiger partial charge < -0.3 is 18.0 Å². The lowest BCUT2D eigenvalue weighted by Gasteiger charge is -2.16. The summed E-state index contributed by atoms with van der Waals surface area (Å²) in [6.45, 7) is 0. The van der Waals surface area contributed by atoms with Crippen LogP contribution in [0.2, 0.25) is 0 Å². The number of nitrogens with zero attached hydrogens (tertiary/aromatic N) is 8. The van der Waals surface area contributed by atoms with Gasteiger partial charge in [0, 0.05) is 99.0 Å². The van der Waals surface area contributed by atoms with Crippen molar-refractivity contribution in [2.24, 2.45) is 0 Å². The van der Waals surface area contributed by atoms with E-state index in [0.717, 1.165) is 200 Å². The maximum atomic E-state index is 6.55. The fraction of sp³-hybridized carbons (Fsp3) is 0. The molecule has 0 radical (unpaired) electrons. The zero-order chi connectivity index (χ0) is 89.9. The number of aromatic nitrogens is 8. The van der Waals surface area contributed by atoms with Crippen molar-refractivity contribution >= 4 is 87.5 Å². The van der Waals surface area contributed by atoms with Gasteiger partial charge in [0.25, 0.3) is 0 Å². The minimum Gasteiger partial charge on any atom is -0.455 e. The van der Waals surface area contributed by atoms with Crippen LogP contribution in [0.4, 0.5) is 0 Å². The van der Waals surface area contributed by atoms with Gasteiger partial charge in [-0.2, -0.15) is 0 Å². The van der Waals surface area contributed by atoms with E-state index >= 15 is 0 Å². The van der Waals surface area contributed by atoms with E-state index in [0.29, 0.717) is 34.9 Å². The molecule has 0 aliphatic carbocycles. The van der Waals surface area contributed by atoms with Crippen LogP contribution in [-0.2, 0) is 0 Å². The maximum absolute atomic E-state index is 6.55. The lowest BCUT2D eigenvalue weighted by Crippen LogP contribution is -2.02. The second-order valence-electron chi connectivity index (χ2n) is 34.3. The van der Waals surface area contributed by atoms with Crippen molar-refractivity contribution in [1.29, 1.82) is 0 Å². The molecule has 0 spiro atoms. The summed E-state index contributed by atoms with van der Waals surface area (Å²) in [6.07, 6.45) is 0. The average molecular weight is 1740 g/mol. The first-order valence-corrected chi connectivity index (χ1v) is 45.8. The van der Waals surface area contributed by atoms with Crippen molar-refractivity contribution in [3.05, 3.63) is 485 Å². The van der Waals surface area contributed by atoms with Crippen molar-refractivity contribution < 1.29 is 8.83 Å². The van der Waals surface area contributed by atoms with Gasteiger partial charge in [-0.1, -0.05) is 394 Å². The summed E-state index contributed by atoms with van der Waals surface area (Å²) in [4.78, 5) is 31.7. The fourth-order valence-electron chi connectivity index (χ4n) is 19.6. The molecule has 0 unspecified atom stereocenters. The Hall–Kier alpha value is -18.4. The van der Waals surface area contributed by atoms with Gasteiger partial charge in [0.15, 0.2) is 34.9 Å². The highest BCUT2D eigenvalue weighted by atomic mass is 16.3. The summed E-state index contributed by atoms with van der Waals surface area (Å²) in [5, 5.41) is 9.17. The molecule has 26 rings (SSSR count). The normalized spacial score (nSPS) is 11.5. The molecule has 0 atom stereocenters. The van der Waals surface area contributed by atoms with E-state index in [4.69, 9.17) is 38.7 Å². The zero-order valence-electron chi connectivity index (χ0n) is 73.6. The van der Waals surface area contributed by atoms with Crippen molar-refractivity contribution in [3.8, 4) is 169 Å². The second kappa shape index (κ2) is 34.2. The zero-order valence-corrected chi connectivity index (χ0v) is 73.6. The third kappa shape index (κ3) is 14.7. The molecular formula is C126H80N8O2. The highest BCUT2D eigenvalue weighted by Crippen LogP contribution is 2.46. The van der Waals surface area contributed by atoms with Crippen LogP contribution in [0.5, 0.6) is 0 Å². The molecule has 636 valence electrons. The first-order chi connectivity index (χ1) is 67.4. The van der Waals surface area contributed by atoms with Crippen LogP contribution < -0.4 is 0 Å². The molecule has 0 amide bonds. The summed E-state index contributed by atoms with van der Waals surface area (Å²) in [5.74, 6) is 3.60. The van der Waals surface area contributed by atoms with Gasteiger partial charge >= 0.3 is 0 Å². The van der Waals surface area contributed by atoms with E-state index in [1.54, 1.807) is 0 Å². The third-order valence-corrected chi connectivity index (χ3v) is 26.2. The molecule has 6 heterocycles. The van der Waals surface area contributed by atoms with Crippen molar-refractivity contribution in [1.82, 2.24) is 39.0 Å². The van der Waals surface area contributed by atoms with E-state index in [2.05, 4.69) is 446 Å². The van der Waals surface area contributed by atoms with Crippen LogP contribution in [-0.4, -0.2) is 39.0 Å². The van der Waals surface area contributed by atoms with Crippen LogP contribution in [0.3, 0.4) is 0 Å². The Balaban J connectivity index is 0.000000145. The molecule has 26 aromatic rings. The quantitative estimate of drug-likeness (QED) is 0.0940. The number of furan rings is 2. The van der Waals surface area contributed by atoms with Gasteiger partial charge in [0.05, 0.1) is 22.1 Å². The van der Waals surface area contributed by atoms with Crippen molar-refractivity contribution in [3.63, 3.8) is 0 Å². The highest BCUT2D eigenvalue weighted by molar-refractivity contribution is 6.15. The van der Waals surface area contributed by atoms with Gasteiger partial charge in [-0.25, -0.2) is 29.9 Å². The standard InChI is InChI=1S/2C63H40N4O/c1-4-17-41(18-5-1)44-23-14-25-47(37-44)61-64-62(48-26-15-24-45(38-48)42-19-6-2-7-20-42)66-63(65-61)55-36-34-49(40-56(55)43-21-8-3-9-22-43)67-57-31-12-10-27-51(57)52-35-33-46(39-58(52)67)50-29-16-30-54-53-28-11-13-32-59(53)68-60(50)54;1-4-16-41(17-5-1)43-30-32-45(33-31-43)61-64-62(48-23-14-22-46(38-48)42-18-6-2-7-19-42)66-63(65-61)55-37-35-49(40-56(55)44-20-8-3-9-21-44)67-57-28-12-10-24-51(57)52-36-34-47(39-58(52)67)50-26-15-27-54-53-25-11-13-29-59(53)68-60(50)54/h2*1-40H. The molecule has 136 heavy (non-hydrogen) atoms. The van der Waals surface area contributed by atoms with E-state index in [-0.39, 0.29) is 0 Å². The molecule has 0 aliphatic heterocycles. The van der Waals surface area contributed by atoms with Crippen LogP contribution in [0, 0.1) is 0 Å². The molecule has 0 bridgehead atoms. The Morgan fingerprint density at radius 2 is 0.412 bits per heavy atom. The Bertz CT molecular complexity index is 8980. The second-order valence-corrected chi connectivity index (χ2v) is 34.3. The van der Waals surface area contributed by atoms with E-state index in [9.17, 15) is 0 Å². The van der Waals surface area contributed by atoms with E-state index in [1.807, 2.05) is 48.5 Å². The smallest absolute Gasteiger partial charge is 0.164 e. The number of benzene rings is 20. The molecule has 10 heteroatoms. The first kappa shape index (κ1) is 79.8. The van der Waals surface area contributed by atoms with E-state index in [1.165, 1.54) is 21.5 Å². The third-order valence-electron chi connectivity index (χ3n) is 26.2. The van der Waals surface area contributed by atoms with Crippen molar-refractivity contribution in [2.45, 2.75) is 0 Å². The Morgan fingerprint density at radius 1 is 0.140 bits per heavy atom. The van der Waals surface area contributed by atoms with Gasteiger partial charge in [0.2, 0.25) is 0 Å². The number of hydrogen-bond acceptors (Lipinski definition) is 8. The molecule has 0 aliphatic rings. The molecule has 10 nitrogen and oxygen atoms in total. The first-order valence-electron chi connectivity index (χ1n) is 45.8. The predicted octanol–water partition coefficient (Wildman–Crippen LogP) is 33.1. The molecular weight excluding hydrogens is 1660 g/mol. The monoisotopic (exact) mass is 1740 g/mol. The van der Waals surface area contributed by atoms with Gasteiger partial charge in [-0.3, -0.25) is 0 Å². The SMILES string of the molecule is c1ccc(-c2ccc(-c3nc(-c4cccc(-c5ccccc5)c4)nc(-c4ccc(-n5c6ccccc6c6ccc(-c7cccc8c7oc7ccccc78)cc65)cc4-c4ccccc4)n3)cc2)cc1.c1ccc(-c2cccc(-c3nc(-c4cccc(-c5ccccc5)c4)nc(-c4ccc(-n5c6ccccc6c6ccc(-c7cccc8c7oc7ccccc78)cc65)cc4-c4ccccc4)n3)c2)cc1. The van der Waals surface area contributed by atoms with E-state index < -0.39 is 0 Å². The van der Waals surface area contributed by atoms with Gasteiger partial charge in [-0.15, -0.1) is 0 Å². The van der Waals surface area contributed by atoms with Gasteiger partial charge in [-0.05, 0) is 169 Å². The maximum Gasteiger partial charge on any atom is 0.164 e. The highest BCUT2D eigenvalue weighted by Gasteiger charge is 2.26. The molecule has 0 saturated heterocycles. The Morgan fingerprint density at radius 3 is 0.801 bits per heavy atom. The van der Waals surface area contributed by atoms with Crippen LogP contribution >= 0.6 is 0 Å². The van der Waals surface area contributed by atoms with Crippen LogP contribution in [0.25, 0.3) is 256 Å². The average Bonchev–Trinajstić information content (AvgIpc) is 1.53. The van der Waals surface area contributed by atoms with Crippen LogP contribution in [0.15, 0.2) is 494 Å². The van der Waals surface area contributed by atoms with Crippen molar-refractivity contribution in [2.75, 3.05) is 0 Å². The Kier molecular flexibility index (Phi) is 20.0. The van der Waals surface area contributed by atoms with Gasteiger partial charge in [0.1, 0.15) is 22.3 Å². The fourth-order valence-corrected chi connectivity index (χ4v) is 19.6. The summed E-state index contributed by atoms with van der Waals surface area (Å²) >= 11 is 0. The summed E-state index contributed by atoms with van der Waals surface area (Å²) < 4.78 is 17.9. The topological polar surface area (TPSA) is 113 Å². The number of para-hydroxylation sites is 6. The summed E-state index contributed by atoms with van der Waals surface area (Å²) in [6, 6.07) is 170. The molecule has 0 N–H and O–H groups in total. The number of rotatable bonds is 16. The molecule has 0 fully saturated rings. The number of fused-ring (bicyclic) bond motifs is 12. The minimum absolute atomic E-state index is 0.592. The molecule has 0 saturated carbocycles. The molecule has 6 aromatic heterocycles. The predicted molar refractivity (Wildman–Crippen MR) is 559 cm³/mol.